The minimum absolute atomic E-state index is 0.0631. The van der Waals surface area contributed by atoms with Gasteiger partial charge in [-0.05, 0) is 29.7 Å². The quantitative estimate of drug-likeness (QED) is 0.694. The highest BCUT2D eigenvalue weighted by Crippen LogP contribution is 2.44. The van der Waals surface area contributed by atoms with Crippen LogP contribution in [0.5, 0.6) is 5.75 Å². The average molecular weight is 423 g/mol. The first kappa shape index (κ1) is 19.9. The zero-order valence-corrected chi connectivity index (χ0v) is 16.3. The number of aliphatic hydroxyl groups is 1. The Morgan fingerprint density at radius 1 is 1.21 bits per heavy atom. The van der Waals surface area contributed by atoms with Gasteiger partial charge in [0.1, 0.15) is 19.1 Å². The molecule has 4 rings (SSSR count). The van der Waals surface area contributed by atoms with Crippen molar-refractivity contribution in [2.75, 3.05) is 18.7 Å². The van der Waals surface area contributed by atoms with Gasteiger partial charge in [0, 0.05) is 24.1 Å². The maximum Gasteiger partial charge on any atom is 0.319 e. The minimum atomic E-state index is -1.69. The highest BCUT2D eigenvalue weighted by molar-refractivity contribution is 6.32. The van der Waals surface area contributed by atoms with Gasteiger partial charge >= 0.3 is 6.03 Å². The number of carbonyl (C=O) groups is 1. The van der Waals surface area contributed by atoms with Crippen LogP contribution >= 0.6 is 11.6 Å². The van der Waals surface area contributed by atoms with E-state index in [1.165, 1.54) is 0 Å². The number of amides is 2. The van der Waals surface area contributed by atoms with Crippen LogP contribution in [0.2, 0.25) is 5.02 Å². The Morgan fingerprint density at radius 2 is 1.97 bits per heavy atom. The molecule has 2 atom stereocenters. The number of carbonyl (C=O) groups excluding carboxylic acids is 1. The monoisotopic (exact) mass is 422 g/mol. The van der Waals surface area contributed by atoms with Crippen LogP contribution < -0.4 is 15.4 Å². The summed E-state index contributed by atoms with van der Waals surface area (Å²) in [5.41, 5.74) is 1.38. The van der Waals surface area contributed by atoms with Crippen LogP contribution in [-0.4, -0.2) is 36.2 Å². The van der Waals surface area contributed by atoms with Crippen LogP contribution in [0.25, 0.3) is 0 Å². The third-order valence-corrected chi connectivity index (χ3v) is 5.77. The van der Waals surface area contributed by atoms with Crippen molar-refractivity contribution in [3.05, 3.63) is 58.1 Å². The van der Waals surface area contributed by atoms with Crippen LogP contribution in [0, 0.1) is 0 Å². The van der Waals surface area contributed by atoms with E-state index in [4.69, 9.17) is 16.3 Å². The van der Waals surface area contributed by atoms with Crippen molar-refractivity contribution in [1.82, 2.24) is 5.32 Å². The van der Waals surface area contributed by atoms with Gasteiger partial charge in [-0.15, -0.1) is 0 Å². The maximum absolute atomic E-state index is 13.6. The maximum atomic E-state index is 13.6. The molecule has 5 nitrogen and oxygen atoms in total. The number of fused-ring (bicyclic) bond motifs is 2. The van der Waals surface area contributed by atoms with E-state index in [1.807, 2.05) is 12.1 Å². The number of rotatable bonds is 4. The Kier molecular flexibility index (Phi) is 5.36. The molecule has 2 aromatic rings. The zero-order valence-electron chi connectivity index (χ0n) is 15.6. The lowest BCUT2D eigenvalue weighted by molar-refractivity contribution is -0.0104. The van der Waals surface area contributed by atoms with Crippen molar-refractivity contribution in [3.8, 4) is 5.75 Å². The summed E-state index contributed by atoms with van der Waals surface area (Å²) in [5, 5.41) is 15.7. The van der Waals surface area contributed by atoms with E-state index in [0.717, 1.165) is 11.1 Å². The number of benzene rings is 2. The lowest BCUT2D eigenvalue weighted by Crippen LogP contribution is -2.49. The van der Waals surface area contributed by atoms with E-state index in [0.29, 0.717) is 24.1 Å². The topological polar surface area (TPSA) is 70.6 Å². The largest absolute Gasteiger partial charge is 0.480 e. The Bertz CT molecular complexity index is 936. The van der Waals surface area contributed by atoms with Gasteiger partial charge in [-0.2, -0.15) is 0 Å². The molecule has 0 fully saturated rings. The van der Waals surface area contributed by atoms with Crippen molar-refractivity contribution in [3.63, 3.8) is 0 Å². The molecule has 0 aromatic heterocycles. The van der Waals surface area contributed by atoms with Gasteiger partial charge in [0.05, 0.1) is 17.2 Å². The average Bonchev–Trinajstić information content (AvgIpc) is 3.10. The zero-order chi connectivity index (χ0) is 20.6. The standard InChI is InChI=1S/C21H21ClF2N2O3/c22-16-5-2-4-14-18(9-21(10-23,11-24)29-19(14)16)26-20(28)25-17-6-1-3-12-7-13(27)8-15(12)17/h1-6,13,18,27H,7-11H2,(H2,25,26,28)/t13-,18+/m0/s1. The van der Waals surface area contributed by atoms with Crippen molar-refractivity contribution in [1.29, 1.82) is 0 Å². The number of alkyl halides is 2. The summed E-state index contributed by atoms with van der Waals surface area (Å²) in [7, 11) is 0. The fraction of sp³-hybridized carbons (Fsp3) is 0.381. The fourth-order valence-electron chi connectivity index (χ4n) is 4.04. The number of anilines is 1. The van der Waals surface area contributed by atoms with Gasteiger partial charge in [-0.1, -0.05) is 35.9 Å². The highest BCUT2D eigenvalue weighted by Gasteiger charge is 2.43. The summed E-state index contributed by atoms with van der Waals surface area (Å²) >= 11 is 6.17. The summed E-state index contributed by atoms with van der Waals surface area (Å²) < 4.78 is 32.9. The summed E-state index contributed by atoms with van der Waals surface area (Å²) in [6, 6.07) is 9.29. The van der Waals surface area contributed by atoms with Gasteiger partial charge in [-0.3, -0.25) is 0 Å². The number of ether oxygens (including phenoxy) is 1. The number of nitrogens with one attached hydrogen (secondary N) is 2. The second kappa shape index (κ2) is 7.80. The summed E-state index contributed by atoms with van der Waals surface area (Å²) in [4.78, 5) is 12.7. The fourth-order valence-corrected chi connectivity index (χ4v) is 4.26. The predicted octanol–water partition coefficient (Wildman–Crippen LogP) is 4.12. The molecule has 1 heterocycles. The van der Waals surface area contributed by atoms with Crippen molar-refractivity contribution >= 4 is 23.3 Å². The molecule has 2 amide bonds. The number of hydrogen-bond donors (Lipinski definition) is 3. The number of hydrogen-bond acceptors (Lipinski definition) is 3. The van der Waals surface area contributed by atoms with E-state index < -0.39 is 37.1 Å². The molecule has 0 saturated heterocycles. The molecule has 0 unspecified atom stereocenters. The van der Waals surface area contributed by atoms with Crippen LogP contribution in [0.4, 0.5) is 19.3 Å². The van der Waals surface area contributed by atoms with Crippen molar-refractivity contribution < 1.29 is 23.4 Å². The van der Waals surface area contributed by atoms with Crippen molar-refractivity contribution in [2.24, 2.45) is 0 Å². The van der Waals surface area contributed by atoms with Crippen LogP contribution in [-0.2, 0) is 12.8 Å². The molecule has 154 valence electrons. The summed E-state index contributed by atoms with van der Waals surface area (Å²) in [6.45, 7) is -2.09. The minimum Gasteiger partial charge on any atom is -0.480 e. The molecular weight excluding hydrogens is 402 g/mol. The summed E-state index contributed by atoms with van der Waals surface area (Å²) in [5.74, 6) is 0.185. The Hall–Kier alpha value is -2.38. The van der Waals surface area contributed by atoms with Crippen LogP contribution in [0.15, 0.2) is 36.4 Å². The first-order valence-electron chi connectivity index (χ1n) is 9.40. The molecule has 2 aromatic carbocycles. The number of urea groups is 1. The van der Waals surface area contributed by atoms with E-state index in [1.54, 1.807) is 24.3 Å². The number of halogens is 3. The van der Waals surface area contributed by atoms with E-state index >= 15 is 0 Å². The van der Waals surface area contributed by atoms with Crippen LogP contribution in [0.3, 0.4) is 0 Å². The van der Waals surface area contributed by atoms with Gasteiger partial charge in [0.2, 0.25) is 0 Å². The lowest BCUT2D eigenvalue weighted by atomic mass is 9.88. The molecule has 2 aliphatic rings. The van der Waals surface area contributed by atoms with Gasteiger partial charge in [-0.25, -0.2) is 13.6 Å². The molecule has 1 aliphatic carbocycles. The molecule has 0 spiro atoms. The summed E-state index contributed by atoms with van der Waals surface area (Å²) in [6.07, 6.45) is 0.490. The Morgan fingerprint density at radius 3 is 2.72 bits per heavy atom. The Labute approximate surface area is 172 Å². The Balaban J connectivity index is 1.57. The van der Waals surface area contributed by atoms with Gasteiger partial charge < -0.3 is 20.5 Å². The van der Waals surface area contributed by atoms with Gasteiger partial charge in [0.25, 0.3) is 0 Å². The number of aliphatic hydroxyl groups excluding tert-OH is 1. The normalized spacial score (nSPS) is 21.7. The van der Waals surface area contributed by atoms with E-state index in [9.17, 15) is 18.7 Å². The molecule has 0 saturated carbocycles. The molecular formula is C21H21ClF2N2O3. The molecule has 3 N–H and O–H groups in total. The predicted molar refractivity (Wildman–Crippen MR) is 106 cm³/mol. The molecule has 0 radical (unpaired) electrons. The second-order valence-electron chi connectivity index (χ2n) is 7.57. The van der Waals surface area contributed by atoms with Crippen LogP contribution in [0.1, 0.15) is 29.2 Å². The van der Waals surface area contributed by atoms with E-state index in [-0.39, 0.29) is 17.2 Å². The SMILES string of the molecule is O=C(Nc1cccc2c1C[C@@H](O)C2)N[C@@H]1CC(CF)(CF)Oc2c(Cl)cccc21. The smallest absolute Gasteiger partial charge is 0.319 e. The third kappa shape index (κ3) is 3.76. The molecule has 8 heteroatoms. The third-order valence-electron chi connectivity index (χ3n) is 5.48. The molecule has 1 aliphatic heterocycles. The highest BCUT2D eigenvalue weighted by atomic mass is 35.5. The second-order valence-corrected chi connectivity index (χ2v) is 7.98. The van der Waals surface area contributed by atoms with E-state index in [2.05, 4.69) is 10.6 Å². The molecule has 29 heavy (non-hydrogen) atoms. The first-order valence-corrected chi connectivity index (χ1v) is 9.78. The molecule has 0 bridgehead atoms. The first-order chi connectivity index (χ1) is 13.9. The lowest BCUT2D eigenvalue weighted by Gasteiger charge is -2.39. The van der Waals surface area contributed by atoms with Gasteiger partial charge in [0.15, 0.2) is 5.60 Å². The number of para-hydroxylation sites is 1. The van der Waals surface area contributed by atoms with Crippen molar-refractivity contribution in [2.45, 2.75) is 37.0 Å².